The van der Waals surface area contributed by atoms with Crippen LogP contribution in [0.15, 0.2) is 12.1 Å². The summed E-state index contributed by atoms with van der Waals surface area (Å²) in [5.41, 5.74) is 9.02. The highest BCUT2D eigenvalue weighted by Crippen LogP contribution is 2.25. The van der Waals surface area contributed by atoms with Crippen LogP contribution in [0.25, 0.3) is 11.0 Å². The molecule has 0 fully saturated rings. The minimum absolute atomic E-state index is 0.244. The summed E-state index contributed by atoms with van der Waals surface area (Å²) >= 11 is 5.97. The minimum Gasteiger partial charge on any atom is -0.376 e. The molecule has 4 nitrogen and oxygen atoms in total. The van der Waals surface area contributed by atoms with Crippen LogP contribution in [0.3, 0.4) is 0 Å². The highest BCUT2D eigenvalue weighted by Gasteiger charge is 2.08. The Hall–Kier alpha value is -1.27. The molecule has 2 rings (SSSR count). The lowest BCUT2D eigenvalue weighted by Crippen LogP contribution is -2.19. The number of aromatic nitrogens is 2. The maximum atomic E-state index is 5.43. The van der Waals surface area contributed by atoms with Crippen molar-refractivity contribution >= 4 is 45.8 Å². The van der Waals surface area contributed by atoms with E-state index in [2.05, 4.69) is 14.1 Å². The second-order valence-corrected chi connectivity index (χ2v) is 3.85. The molecule has 1 aromatic heterocycles. The van der Waals surface area contributed by atoms with Crippen LogP contribution in [0.2, 0.25) is 0 Å². The maximum absolute atomic E-state index is 5.43. The van der Waals surface area contributed by atoms with Gasteiger partial charge in [0.25, 0.3) is 0 Å². The molecule has 0 atom stereocenters. The summed E-state index contributed by atoms with van der Waals surface area (Å²) in [6, 6.07) is 3.89. The van der Waals surface area contributed by atoms with Gasteiger partial charge in [0.2, 0.25) is 0 Å². The van der Waals surface area contributed by atoms with Gasteiger partial charge in [0, 0.05) is 0 Å². The fraction of sp³-hybridized carbons (Fsp3) is 0.125. The van der Waals surface area contributed by atoms with Gasteiger partial charge in [-0.3, -0.25) is 0 Å². The van der Waals surface area contributed by atoms with Crippen LogP contribution in [0.5, 0.6) is 0 Å². The molecule has 14 heavy (non-hydrogen) atoms. The van der Waals surface area contributed by atoms with E-state index in [9.17, 15) is 0 Å². The zero-order valence-electron chi connectivity index (χ0n) is 7.44. The van der Waals surface area contributed by atoms with Gasteiger partial charge in [-0.05, 0) is 30.8 Å². The minimum atomic E-state index is 0.244. The third-order valence-electron chi connectivity index (χ3n) is 1.88. The van der Waals surface area contributed by atoms with Gasteiger partial charge in [-0.25, -0.2) is 0 Å². The third kappa shape index (κ3) is 1.53. The van der Waals surface area contributed by atoms with Gasteiger partial charge < -0.3 is 11.1 Å². The number of fused-ring (bicyclic) bond motifs is 1. The molecule has 0 unspecified atom stereocenters. The summed E-state index contributed by atoms with van der Waals surface area (Å²) in [7, 11) is 0. The molecule has 1 aromatic carbocycles. The lowest BCUT2D eigenvalue weighted by Gasteiger charge is -2.07. The quantitative estimate of drug-likeness (QED) is 0.721. The normalized spacial score (nSPS) is 10.4. The molecular formula is C8H8N4S2. The monoisotopic (exact) mass is 224 g/mol. The molecule has 0 aliphatic carbocycles. The summed E-state index contributed by atoms with van der Waals surface area (Å²) in [5, 5.41) is 3.16. The predicted molar refractivity (Wildman–Crippen MR) is 62.6 cm³/mol. The highest BCUT2D eigenvalue weighted by atomic mass is 32.1. The van der Waals surface area contributed by atoms with Crippen molar-refractivity contribution in [2.45, 2.75) is 6.92 Å². The Morgan fingerprint density at radius 3 is 3.00 bits per heavy atom. The Morgan fingerprint density at radius 1 is 1.50 bits per heavy atom. The first kappa shape index (κ1) is 9.29. The first-order chi connectivity index (χ1) is 6.68. The van der Waals surface area contributed by atoms with Gasteiger partial charge in [-0.1, -0.05) is 6.07 Å². The van der Waals surface area contributed by atoms with E-state index in [1.807, 2.05) is 19.1 Å². The van der Waals surface area contributed by atoms with Crippen LogP contribution < -0.4 is 11.1 Å². The van der Waals surface area contributed by atoms with E-state index in [1.54, 1.807) is 0 Å². The SMILES string of the molecule is Cc1ccc2nsnc2c1NC(N)=S. The van der Waals surface area contributed by atoms with Crippen LogP contribution in [0.1, 0.15) is 5.56 Å². The van der Waals surface area contributed by atoms with E-state index in [-0.39, 0.29) is 5.11 Å². The van der Waals surface area contributed by atoms with Crippen molar-refractivity contribution in [3.63, 3.8) is 0 Å². The molecule has 0 spiro atoms. The maximum Gasteiger partial charge on any atom is 0.168 e. The van der Waals surface area contributed by atoms with Gasteiger partial charge in [0.15, 0.2) is 5.11 Å². The number of benzene rings is 1. The van der Waals surface area contributed by atoms with Gasteiger partial charge in [-0.2, -0.15) is 8.75 Å². The third-order valence-corrected chi connectivity index (χ3v) is 2.53. The highest BCUT2D eigenvalue weighted by molar-refractivity contribution is 7.80. The molecular weight excluding hydrogens is 216 g/mol. The number of aryl methyl sites for hydroxylation is 1. The average molecular weight is 224 g/mol. The van der Waals surface area contributed by atoms with Gasteiger partial charge >= 0.3 is 0 Å². The summed E-state index contributed by atoms with van der Waals surface area (Å²) in [6.45, 7) is 1.97. The average Bonchev–Trinajstić information content (AvgIpc) is 2.57. The Morgan fingerprint density at radius 2 is 2.29 bits per heavy atom. The van der Waals surface area contributed by atoms with Crippen molar-refractivity contribution in [1.82, 2.24) is 8.75 Å². The Labute approximate surface area is 90.5 Å². The van der Waals surface area contributed by atoms with E-state index >= 15 is 0 Å². The van der Waals surface area contributed by atoms with Gasteiger partial charge in [-0.15, -0.1) is 0 Å². The number of hydrogen-bond donors (Lipinski definition) is 2. The lowest BCUT2D eigenvalue weighted by molar-refractivity contribution is 1.46. The van der Waals surface area contributed by atoms with Crippen molar-refractivity contribution < 1.29 is 0 Å². The van der Waals surface area contributed by atoms with Crippen molar-refractivity contribution in [1.29, 1.82) is 0 Å². The summed E-state index contributed by atoms with van der Waals surface area (Å²) < 4.78 is 8.32. The Balaban J connectivity index is 2.64. The van der Waals surface area contributed by atoms with E-state index in [1.165, 1.54) is 11.7 Å². The lowest BCUT2D eigenvalue weighted by atomic mass is 10.1. The Kier molecular flexibility index (Phi) is 2.30. The molecule has 0 aliphatic heterocycles. The number of hydrogen-bond acceptors (Lipinski definition) is 4. The van der Waals surface area contributed by atoms with Crippen molar-refractivity contribution in [2.75, 3.05) is 5.32 Å². The van der Waals surface area contributed by atoms with Crippen LogP contribution in [0.4, 0.5) is 5.69 Å². The van der Waals surface area contributed by atoms with E-state index in [0.717, 1.165) is 22.3 Å². The van der Waals surface area contributed by atoms with Crippen molar-refractivity contribution in [3.05, 3.63) is 17.7 Å². The summed E-state index contributed by atoms with van der Waals surface area (Å²) in [6.07, 6.45) is 0. The largest absolute Gasteiger partial charge is 0.376 e. The number of nitrogens with one attached hydrogen (secondary N) is 1. The molecule has 72 valence electrons. The smallest absolute Gasteiger partial charge is 0.168 e. The zero-order chi connectivity index (χ0) is 10.1. The van der Waals surface area contributed by atoms with Crippen molar-refractivity contribution in [2.24, 2.45) is 5.73 Å². The van der Waals surface area contributed by atoms with Gasteiger partial charge in [0.1, 0.15) is 11.0 Å². The first-order valence-electron chi connectivity index (χ1n) is 3.97. The van der Waals surface area contributed by atoms with Gasteiger partial charge in [0.05, 0.1) is 17.4 Å². The second-order valence-electron chi connectivity index (χ2n) is 2.88. The fourth-order valence-corrected chi connectivity index (χ4v) is 1.88. The first-order valence-corrected chi connectivity index (χ1v) is 5.10. The van der Waals surface area contributed by atoms with Crippen LogP contribution >= 0.6 is 23.9 Å². The van der Waals surface area contributed by atoms with Crippen LogP contribution in [-0.2, 0) is 0 Å². The molecule has 0 radical (unpaired) electrons. The number of anilines is 1. The predicted octanol–water partition coefficient (Wildman–Crippen LogP) is 1.66. The molecule has 0 saturated heterocycles. The second kappa shape index (κ2) is 3.47. The topological polar surface area (TPSA) is 63.8 Å². The molecule has 0 amide bonds. The van der Waals surface area contributed by atoms with Crippen LogP contribution in [0, 0.1) is 6.92 Å². The summed E-state index contributed by atoms with van der Waals surface area (Å²) in [5.74, 6) is 0. The number of nitrogens with zero attached hydrogens (tertiary/aromatic N) is 2. The molecule has 3 N–H and O–H groups in total. The molecule has 0 bridgehead atoms. The molecule has 6 heteroatoms. The number of thiocarbonyl (C=S) groups is 1. The molecule has 0 saturated carbocycles. The van der Waals surface area contributed by atoms with Crippen LogP contribution in [-0.4, -0.2) is 13.9 Å². The number of rotatable bonds is 1. The standard InChI is InChI=1S/C8H8N4S2/c1-4-2-3-5-7(12-14-11-5)6(4)10-8(9)13/h2-3H,1H3,(H3,9,10,13). The fourth-order valence-electron chi connectivity index (χ4n) is 1.23. The van der Waals surface area contributed by atoms with E-state index < -0.39 is 0 Å². The summed E-state index contributed by atoms with van der Waals surface area (Å²) in [4.78, 5) is 0. The Bertz CT molecular complexity index is 491. The van der Waals surface area contributed by atoms with E-state index in [0.29, 0.717) is 0 Å². The zero-order valence-corrected chi connectivity index (χ0v) is 9.08. The van der Waals surface area contributed by atoms with Crippen molar-refractivity contribution in [3.8, 4) is 0 Å². The number of nitrogens with two attached hydrogens (primary N) is 1. The molecule has 0 aliphatic rings. The molecule has 1 heterocycles. The van der Waals surface area contributed by atoms with E-state index in [4.69, 9.17) is 18.0 Å². The molecule has 2 aromatic rings.